The number of hydrogen-bond acceptors (Lipinski definition) is 4. The van der Waals surface area contributed by atoms with Crippen molar-refractivity contribution >= 4 is 5.97 Å². The van der Waals surface area contributed by atoms with Crippen molar-refractivity contribution < 1.29 is 19.4 Å². The van der Waals surface area contributed by atoms with Crippen molar-refractivity contribution in [3.05, 3.63) is 23.8 Å². The minimum Gasteiger partial charge on any atom is -0.497 e. The highest BCUT2D eigenvalue weighted by molar-refractivity contribution is 5.73. The van der Waals surface area contributed by atoms with Crippen molar-refractivity contribution in [3.8, 4) is 11.5 Å². The molecule has 106 valence electrons. The number of aliphatic carboxylic acids is 1. The Kier molecular flexibility index (Phi) is 5.63. The van der Waals surface area contributed by atoms with Gasteiger partial charge in [0.15, 0.2) is 0 Å². The molecule has 5 nitrogen and oxygen atoms in total. The summed E-state index contributed by atoms with van der Waals surface area (Å²) >= 11 is 0. The van der Waals surface area contributed by atoms with E-state index < -0.39 is 12.0 Å². The van der Waals surface area contributed by atoms with E-state index in [0.29, 0.717) is 18.0 Å². The first-order valence-electron chi connectivity index (χ1n) is 6.16. The second-order valence-electron chi connectivity index (χ2n) is 4.62. The lowest BCUT2D eigenvalue weighted by atomic mass is 10.0. The quantitative estimate of drug-likeness (QED) is 0.789. The fourth-order valence-corrected chi connectivity index (χ4v) is 1.85. The number of hydrogen-bond donors (Lipinski definition) is 2. The van der Waals surface area contributed by atoms with E-state index in [4.69, 9.17) is 14.6 Å². The molecule has 5 heteroatoms. The molecule has 2 N–H and O–H groups in total. The third-order valence-corrected chi connectivity index (χ3v) is 2.93. The number of methoxy groups -OCH3 is 2. The van der Waals surface area contributed by atoms with Gasteiger partial charge in [-0.2, -0.15) is 0 Å². The second-order valence-corrected chi connectivity index (χ2v) is 4.62. The van der Waals surface area contributed by atoms with Crippen LogP contribution in [0.15, 0.2) is 18.2 Å². The number of rotatable bonds is 7. The van der Waals surface area contributed by atoms with E-state index in [1.165, 1.54) is 0 Å². The average molecular weight is 267 g/mol. The summed E-state index contributed by atoms with van der Waals surface area (Å²) in [6.07, 6.45) is 0. The standard InChI is InChI=1S/C14H21NO4/c1-9(2)13(14(16)17)15-8-10-7-11(18-3)5-6-12(10)19-4/h5-7,9,13,15H,8H2,1-4H3,(H,16,17). The van der Waals surface area contributed by atoms with Crippen molar-refractivity contribution in [3.63, 3.8) is 0 Å². The van der Waals surface area contributed by atoms with Crippen LogP contribution in [0, 0.1) is 5.92 Å². The van der Waals surface area contributed by atoms with Crippen molar-refractivity contribution in [2.45, 2.75) is 26.4 Å². The summed E-state index contributed by atoms with van der Waals surface area (Å²) in [5.41, 5.74) is 0.869. The molecule has 1 aromatic carbocycles. The van der Waals surface area contributed by atoms with Crippen LogP contribution in [-0.2, 0) is 11.3 Å². The first-order chi connectivity index (χ1) is 8.99. The molecule has 1 aromatic rings. The summed E-state index contributed by atoms with van der Waals surface area (Å²) in [5, 5.41) is 12.2. The van der Waals surface area contributed by atoms with Gasteiger partial charge in [-0.05, 0) is 24.1 Å². The van der Waals surface area contributed by atoms with Gasteiger partial charge in [0.05, 0.1) is 14.2 Å². The van der Waals surface area contributed by atoms with Gasteiger partial charge in [-0.3, -0.25) is 10.1 Å². The normalized spacial score (nSPS) is 12.3. The SMILES string of the molecule is COc1ccc(OC)c(CNC(C(=O)O)C(C)C)c1. The van der Waals surface area contributed by atoms with E-state index in [1.807, 2.05) is 19.9 Å². The van der Waals surface area contributed by atoms with Crippen LogP contribution in [0.2, 0.25) is 0 Å². The van der Waals surface area contributed by atoms with Crippen LogP contribution in [0.4, 0.5) is 0 Å². The number of carboxylic acid groups (broad SMARTS) is 1. The maximum Gasteiger partial charge on any atom is 0.320 e. The van der Waals surface area contributed by atoms with Gasteiger partial charge >= 0.3 is 5.97 Å². The second kappa shape index (κ2) is 6.99. The maximum atomic E-state index is 11.1. The summed E-state index contributed by atoms with van der Waals surface area (Å²) in [6, 6.07) is 4.86. The molecular formula is C14H21NO4. The van der Waals surface area contributed by atoms with Crippen molar-refractivity contribution in [1.29, 1.82) is 0 Å². The van der Waals surface area contributed by atoms with Crippen molar-refractivity contribution in [2.24, 2.45) is 5.92 Å². The molecule has 0 heterocycles. The molecule has 1 unspecified atom stereocenters. The van der Waals surface area contributed by atoms with Crippen LogP contribution >= 0.6 is 0 Å². The third-order valence-electron chi connectivity index (χ3n) is 2.93. The lowest BCUT2D eigenvalue weighted by Gasteiger charge is -2.19. The average Bonchev–Trinajstić information content (AvgIpc) is 2.37. The summed E-state index contributed by atoms with van der Waals surface area (Å²) in [4.78, 5) is 11.1. The van der Waals surface area contributed by atoms with E-state index >= 15 is 0 Å². The van der Waals surface area contributed by atoms with Crippen LogP contribution in [-0.4, -0.2) is 31.3 Å². The summed E-state index contributed by atoms with van der Waals surface area (Å²) < 4.78 is 10.4. The topological polar surface area (TPSA) is 67.8 Å². The molecule has 0 radical (unpaired) electrons. The van der Waals surface area contributed by atoms with E-state index in [-0.39, 0.29) is 5.92 Å². The lowest BCUT2D eigenvalue weighted by molar-refractivity contribution is -0.140. The molecule has 0 aliphatic carbocycles. The summed E-state index contributed by atoms with van der Waals surface area (Å²) in [7, 11) is 3.18. The molecule has 0 spiro atoms. The molecule has 0 saturated heterocycles. The highest BCUT2D eigenvalue weighted by Crippen LogP contribution is 2.24. The Bertz CT molecular complexity index is 431. The van der Waals surface area contributed by atoms with Crippen molar-refractivity contribution in [1.82, 2.24) is 5.32 Å². The van der Waals surface area contributed by atoms with Gasteiger partial charge in [0, 0.05) is 12.1 Å². The van der Waals surface area contributed by atoms with Gasteiger partial charge in [0.2, 0.25) is 0 Å². The molecule has 0 amide bonds. The summed E-state index contributed by atoms with van der Waals surface area (Å²) in [5.74, 6) is 0.584. The molecule has 0 bridgehead atoms. The first kappa shape index (κ1) is 15.3. The van der Waals surface area contributed by atoms with Gasteiger partial charge in [-0.1, -0.05) is 13.8 Å². The van der Waals surface area contributed by atoms with Gasteiger partial charge in [-0.25, -0.2) is 0 Å². The zero-order valence-electron chi connectivity index (χ0n) is 11.8. The molecule has 0 aliphatic heterocycles. The molecule has 1 atom stereocenters. The fourth-order valence-electron chi connectivity index (χ4n) is 1.85. The van der Waals surface area contributed by atoms with Gasteiger partial charge in [0.25, 0.3) is 0 Å². The Balaban J connectivity index is 2.83. The molecular weight excluding hydrogens is 246 g/mol. The Morgan fingerprint density at radius 1 is 1.32 bits per heavy atom. The largest absolute Gasteiger partial charge is 0.497 e. The number of ether oxygens (including phenoxy) is 2. The highest BCUT2D eigenvalue weighted by atomic mass is 16.5. The Labute approximate surface area is 113 Å². The maximum absolute atomic E-state index is 11.1. The van der Waals surface area contributed by atoms with E-state index in [1.54, 1.807) is 26.4 Å². The predicted octanol–water partition coefficient (Wildman–Crippen LogP) is 1.90. The summed E-state index contributed by atoms with van der Waals surface area (Å²) in [6.45, 7) is 4.15. The van der Waals surface area contributed by atoms with Crippen LogP contribution in [0.5, 0.6) is 11.5 Å². The number of carboxylic acids is 1. The molecule has 1 rings (SSSR count). The van der Waals surface area contributed by atoms with Gasteiger partial charge < -0.3 is 14.6 Å². The van der Waals surface area contributed by atoms with E-state index in [2.05, 4.69) is 5.32 Å². The zero-order valence-corrected chi connectivity index (χ0v) is 11.8. The number of nitrogens with one attached hydrogen (secondary N) is 1. The lowest BCUT2D eigenvalue weighted by Crippen LogP contribution is -2.40. The van der Waals surface area contributed by atoms with Crippen LogP contribution in [0.3, 0.4) is 0 Å². The van der Waals surface area contributed by atoms with Gasteiger partial charge in [0.1, 0.15) is 17.5 Å². The highest BCUT2D eigenvalue weighted by Gasteiger charge is 2.21. The Morgan fingerprint density at radius 2 is 2.00 bits per heavy atom. The predicted molar refractivity (Wildman–Crippen MR) is 72.6 cm³/mol. The third kappa shape index (κ3) is 4.13. The van der Waals surface area contributed by atoms with Gasteiger partial charge in [-0.15, -0.1) is 0 Å². The number of carbonyl (C=O) groups is 1. The minimum atomic E-state index is -0.850. The minimum absolute atomic E-state index is 0.00843. The molecule has 0 aromatic heterocycles. The van der Waals surface area contributed by atoms with Crippen LogP contribution in [0.25, 0.3) is 0 Å². The Morgan fingerprint density at radius 3 is 2.47 bits per heavy atom. The molecule has 0 fully saturated rings. The van der Waals surface area contributed by atoms with Crippen LogP contribution in [0.1, 0.15) is 19.4 Å². The molecule has 19 heavy (non-hydrogen) atoms. The molecule has 0 aliphatic rings. The molecule has 0 saturated carbocycles. The smallest absolute Gasteiger partial charge is 0.320 e. The number of benzene rings is 1. The van der Waals surface area contributed by atoms with Crippen LogP contribution < -0.4 is 14.8 Å². The monoisotopic (exact) mass is 267 g/mol. The zero-order chi connectivity index (χ0) is 14.4. The van der Waals surface area contributed by atoms with E-state index in [9.17, 15) is 4.79 Å². The van der Waals surface area contributed by atoms with Crippen molar-refractivity contribution in [2.75, 3.05) is 14.2 Å². The Hall–Kier alpha value is -1.75. The first-order valence-corrected chi connectivity index (χ1v) is 6.16. The van der Waals surface area contributed by atoms with E-state index in [0.717, 1.165) is 5.56 Å². The fraction of sp³-hybridized carbons (Fsp3) is 0.500.